The van der Waals surface area contributed by atoms with E-state index in [0.29, 0.717) is 5.92 Å². The van der Waals surface area contributed by atoms with Gasteiger partial charge < -0.3 is 4.90 Å². The van der Waals surface area contributed by atoms with Gasteiger partial charge in [-0.15, -0.1) is 0 Å². The number of nitrogens with zero attached hydrogens (tertiary/aromatic N) is 3. The number of aromatic nitrogens is 2. The van der Waals surface area contributed by atoms with Crippen molar-refractivity contribution < 1.29 is 0 Å². The first-order valence-electron chi connectivity index (χ1n) is 8.89. The molecule has 1 aliphatic carbocycles. The van der Waals surface area contributed by atoms with E-state index in [-0.39, 0.29) is 5.56 Å². The maximum atomic E-state index is 12.8. The van der Waals surface area contributed by atoms with Gasteiger partial charge in [-0.1, -0.05) is 12.1 Å². The molecule has 4 rings (SSSR count). The average molecular weight is 311 g/mol. The Kier molecular flexibility index (Phi) is 3.93. The van der Waals surface area contributed by atoms with E-state index < -0.39 is 0 Å². The number of likely N-dealkylation sites (tertiary alicyclic amines) is 1. The largest absolute Gasteiger partial charge is 0.303 e. The molecule has 0 atom stereocenters. The van der Waals surface area contributed by atoms with Crippen molar-refractivity contribution in [3.63, 3.8) is 0 Å². The molecule has 122 valence electrons. The second kappa shape index (κ2) is 6.08. The van der Waals surface area contributed by atoms with Crippen LogP contribution in [0.1, 0.15) is 31.5 Å². The Bertz CT molecular complexity index is 755. The zero-order chi connectivity index (χ0) is 15.8. The second-order valence-corrected chi connectivity index (χ2v) is 7.28. The summed E-state index contributed by atoms with van der Waals surface area (Å²) in [6.07, 6.45) is 5.26. The molecule has 1 aromatic carbocycles. The molecule has 1 aliphatic heterocycles. The van der Waals surface area contributed by atoms with E-state index >= 15 is 0 Å². The molecular formula is C19H25N3O. The van der Waals surface area contributed by atoms with Crippen LogP contribution in [0.15, 0.2) is 29.1 Å². The van der Waals surface area contributed by atoms with Crippen molar-refractivity contribution in [2.75, 3.05) is 19.6 Å². The predicted octanol–water partition coefficient (Wildman–Crippen LogP) is 2.83. The first-order valence-corrected chi connectivity index (χ1v) is 8.89. The minimum Gasteiger partial charge on any atom is -0.303 e. The van der Waals surface area contributed by atoms with Gasteiger partial charge in [0.1, 0.15) is 5.82 Å². The Morgan fingerprint density at radius 1 is 1.04 bits per heavy atom. The SMILES string of the molecule is Cc1nc2ccccc2c(=O)n1CC1CCN(CC2CC2)CC1. The minimum absolute atomic E-state index is 0.119. The molecule has 2 aliphatic rings. The number of piperidine rings is 1. The first-order chi connectivity index (χ1) is 11.2. The summed E-state index contributed by atoms with van der Waals surface area (Å²) in [5.41, 5.74) is 0.930. The van der Waals surface area contributed by atoms with Gasteiger partial charge >= 0.3 is 0 Å². The molecule has 23 heavy (non-hydrogen) atoms. The van der Waals surface area contributed by atoms with Crippen LogP contribution >= 0.6 is 0 Å². The van der Waals surface area contributed by atoms with Crippen molar-refractivity contribution in [1.82, 2.24) is 14.5 Å². The fourth-order valence-electron chi connectivity index (χ4n) is 3.77. The van der Waals surface area contributed by atoms with Crippen LogP contribution in [0.4, 0.5) is 0 Å². The van der Waals surface area contributed by atoms with Gasteiger partial charge in [0.05, 0.1) is 10.9 Å². The van der Waals surface area contributed by atoms with Crippen molar-refractivity contribution in [1.29, 1.82) is 0 Å². The summed E-state index contributed by atoms with van der Waals surface area (Å²) >= 11 is 0. The van der Waals surface area contributed by atoms with Crippen LogP contribution in [0.25, 0.3) is 10.9 Å². The van der Waals surface area contributed by atoms with E-state index in [0.717, 1.165) is 29.2 Å². The summed E-state index contributed by atoms with van der Waals surface area (Å²) in [6, 6.07) is 7.67. The lowest BCUT2D eigenvalue weighted by atomic mass is 9.96. The molecule has 0 radical (unpaired) electrons. The number of aryl methyl sites for hydroxylation is 1. The maximum absolute atomic E-state index is 12.8. The zero-order valence-corrected chi connectivity index (χ0v) is 13.9. The lowest BCUT2D eigenvalue weighted by molar-refractivity contribution is 0.167. The van der Waals surface area contributed by atoms with E-state index in [1.54, 1.807) is 0 Å². The molecule has 0 unspecified atom stereocenters. The number of rotatable bonds is 4. The van der Waals surface area contributed by atoms with E-state index in [9.17, 15) is 4.79 Å². The topological polar surface area (TPSA) is 38.1 Å². The van der Waals surface area contributed by atoms with Crippen molar-refractivity contribution in [2.45, 2.75) is 39.2 Å². The number of fused-ring (bicyclic) bond motifs is 1. The lowest BCUT2D eigenvalue weighted by Gasteiger charge is -2.32. The highest BCUT2D eigenvalue weighted by Crippen LogP contribution is 2.31. The van der Waals surface area contributed by atoms with Crippen LogP contribution in [-0.4, -0.2) is 34.1 Å². The molecule has 1 saturated carbocycles. The molecule has 2 heterocycles. The summed E-state index contributed by atoms with van der Waals surface area (Å²) < 4.78 is 1.89. The molecular weight excluding hydrogens is 286 g/mol. The molecule has 4 nitrogen and oxygen atoms in total. The van der Waals surface area contributed by atoms with Gasteiger partial charge in [0.15, 0.2) is 0 Å². The third kappa shape index (κ3) is 3.18. The van der Waals surface area contributed by atoms with Gasteiger partial charge in [-0.2, -0.15) is 0 Å². The Morgan fingerprint density at radius 2 is 1.74 bits per heavy atom. The number of para-hydroxylation sites is 1. The highest BCUT2D eigenvalue weighted by molar-refractivity contribution is 5.77. The van der Waals surface area contributed by atoms with Crippen LogP contribution in [0.2, 0.25) is 0 Å². The smallest absolute Gasteiger partial charge is 0.261 e. The summed E-state index contributed by atoms with van der Waals surface area (Å²) in [7, 11) is 0. The van der Waals surface area contributed by atoms with Gasteiger partial charge in [-0.25, -0.2) is 4.98 Å². The van der Waals surface area contributed by atoms with E-state index in [1.165, 1.54) is 45.3 Å². The summed E-state index contributed by atoms with van der Waals surface area (Å²) in [4.78, 5) is 20.0. The fraction of sp³-hybridized carbons (Fsp3) is 0.579. The van der Waals surface area contributed by atoms with Crippen LogP contribution in [0.3, 0.4) is 0 Å². The summed E-state index contributed by atoms with van der Waals surface area (Å²) in [6.45, 7) is 6.45. The first kappa shape index (κ1) is 14.9. The summed E-state index contributed by atoms with van der Waals surface area (Å²) in [5.74, 6) is 2.42. The van der Waals surface area contributed by atoms with Crippen LogP contribution in [0.5, 0.6) is 0 Å². The van der Waals surface area contributed by atoms with E-state index in [4.69, 9.17) is 0 Å². The number of hydrogen-bond donors (Lipinski definition) is 0. The Labute approximate surface area is 137 Å². The molecule has 1 saturated heterocycles. The Balaban J connectivity index is 1.48. The van der Waals surface area contributed by atoms with Crippen molar-refractivity contribution in [3.05, 3.63) is 40.4 Å². The van der Waals surface area contributed by atoms with E-state index in [2.05, 4.69) is 9.88 Å². The maximum Gasteiger partial charge on any atom is 0.261 e. The van der Waals surface area contributed by atoms with Gasteiger partial charge in [-0.3, -0.25) is 9.36 Å². The molecule has 1 aromatic heterocycles. The monoisotopic (exact) mass is 311 g/mol. The van der Waals surface area contributed by atoms with Gasteiger partial charge in [-0.05, 0) is 69.7 Å². The van der Waals surface area contributed by atoms with Gasteiger partial charge in [0, 0.05) is 13.1 Å². The van der Waals surface area contributed by atoms with Gasteiger partial charge in [0.2, 0.25) is 0 Å². The van der Waals surface area contributed by atoms with Crippen LogP contribution in [0, 0.1) is 18.8 Å². The number of hydrogen-bond acceptors (Lipinski definition) is 3. The van der Waals surface area contributed by atoms with Crippen molar-refractivity contribution in [3.8, 4) is 0 Å². The molecule has 0 amide bonds. The molecule has 4 heteroatoms. The van der Waals surface area contributed by atoms with Crippen LogP contribution in [-0.2, 0) is 6.54 Å². The third-order valence-corrected chi connectivity index (χ3v) is 5.41. The molecule has 0 bridgehead atoms. The molecule has 2 aromatic rings. The lowest BCUT2D eigenvalue weighted by Crippen LogP contribution is -2.37. The standard InChI is InChI=1S/C19H25N3O/c1-14-20-18-5-3-2-4-17(18)19(23)22(14)13-16-8-10-21(11-9-16)12-15-6-7-15/h2-5,15-16H,6-13H2,1H3. The highest BCUT2D eigenvalue weighted by atomic mass is 16.1. The normalized spacial score (nSPS) is 20.2. The molecule has 2 fully saturated rings. The Morgan fingerprint density at radius 3 is 2.48 bits per heavy atom. The summed E-state index contributed by atoms with van der Waals surface area (Å²) in [5, 5.41) is 0.740. The van der Waals surface area contributed by atoms with Gasteiger partial charge in [0.25, 0.3) is 5.56 Å². The molecule has 0 N–H and O–H groups in total. The fourth-order valence-corrected chi connectivity index (χ4v) is 3.77. The number of benzene rings is 1. The average Bonchev–Trinajstić information content (AvgIpc) is 3.37. The Hall–Kier alpha value is -1.68. The third-order valence-electron chi connectivity index (χ3n) is 5.41. The zero-order valence-electron chi connectivity index (χ0n) is 13.9. The second-order valence-electron chi connectivity index (χ2n) is 7.28. The van der Waals surface area contributed by atoms with Crippen LogP contribution < -0.4 is 5.56 Å². The van der Waals surface area contributed by atoms with Crippen molar-refractivity contribution >= 4 is 10.9 Å². The molecule has 0 spiro atoms. The minimum atomic E-state index is 0.119. The quantitative estimate of drug-likeness (QED) is 0.871. The highest BCUT2D eigenvalue weighted by Gasteiger charge is 2.27. The van der Waals surface area contributed by atoms with E-state index in [1.807, 2.05) is 35.8 Å². The predicted molar refractivity (Wildman–Crippen MR) is 92.6 cm³/mol. The van der Waals surface area contributed by atoms with Crippen molar-refractivity contribution in [2.24, 2.45) is 11.8 Å².